The number of aromatic nitrogens is 1. The SMILES string of the molecule is CC(C)C(NC(=O)C(N)C(C)O)C(=O)NC(C(=O)NC(Cc1c[nH]c2ccccc12)C(=O)O)C(C)C. The third-order valence-corrected chi connectivity index (χ3v) is 6.03. The van der Waals surface area contributed by atoms with Crippen LogP contribution in [0.15, 0.2) is 30.5 Å². The molecule has 11 nitrogen and oxygen atoms in total. The van der Waals surface area contributed by atoms with Gasteiger partial charge >= 0.3 is 5.97 Å². The van der Waals surface area contributed by atoms with E-state index in [1.807, 2.05) is 24.3 Å². The van der Waals surface area contributed by atoms with Gasteiger partial charge in [-0.1, -0.05) is 45.9 Å². The zero-order chi connectivity index (χ0) is 27.2. The fourth-order valence-electron chi connectivity index (χ4n) is 3.76. The first-order chi connectivity index (χ1) is 16.8. The van der Waals surface area contributed by atoms with Crippen molar-refractivity contribution in [3.8, 4) is 0 Å². The van der Waals surface area contributed by atoms with E-state index in [4.69, 9.17) is 5.73 Å². The number of fused-ring (bicyclic) bond motifs is 1. The number of para-hydroxylation sites is 1. The Balaban J connectivity index is 2.15. The molecule has 198 valence electrons. The molecule has 2 aromatic rings. The number of aromatic amines is 1. The summed E-state index contributed by atoms with van der Waals surface area (Å²) in [5, 5.41) is 27.9. The maximum absolute atomic E-state index is 13.1. The monoisotopic (exact) mass is 503 g/mol. The molecule has 2 rings (SSSR count). The van der Waals surface area contributed by atoms with E-state index in [-0.39, 0.29) is 18.3 Å². The topological polar surface area (TPSA) is 187 Å². The summed E-state index contributed by atoms with van der Waals surface area (Å²) in [5.74, 6) is -3.90. The number of carboxylic acid groups (broad SMARTS) is 1. The average molecular weight is 504 g/mol. The third kappa shape index (κ3) is 7.28. The minimum absolute atomic E-state index is 0.0474. The highest BCUT2D eigenvalue weighted by Gasteiger charge is 2.33. The van der Waals surface area contributed by atoms with Crippen molar-refractivity contribution >= 4 is 34.6 Å². The number of benzene rings is 1. The van der Waals surface area contributed by atoms with E-state index in [9.17, 15) is 29.4 Å². The van der Waals surface area contributed by atoms with Crippen molar-refractivity contribution in [3.05, 3.63) is 36.0 Å². The Morgan fingerprint density at radius 3 is 1.94 bits per heavy atom. The van der Waals surface area contributed by atoms with Crippen molar-refractivity contribution in [1.29, 1.82) is 0 Å². The lowest BCUT2D eigenvalue weighted by Gasteiger charge is -2.28. The summed E-state index contributed by atoms with van der Waals surface area (Å²) in [7, 11) is 0. The number of H-pyrrole nitrogens is 1. The second-order valence-electron chi connectivity index (χ2n) is 9.69. The summed E-state index contributed by atoms with van der Waals surface area (Å²) in [6.45, 7) is 8.22. The molecule has 8 N–H and O–H groups in total. The summed E-state index contributed by atoms with van der Waals surface area (Å²) in [5.41, 5.74) is 7.25. The standard InChI is InChI=1S/C25H37N5O6/c1-12(2)20(30-24(34)21(13(3)4)29-22(32)19(26)14(5)31)23(33)28-18(25(35)36)10-15-11-27-17-9-7-6-8-16(15)17/h6-9,11-14,18-21,27,31H,10,26H2,1-5H3,(H,28,33)(H,29,32)(H,30,34)(H,35,36). The zero-order valence-corrected chi connectivity index (χ0v) is 21.2. The van der Waals surface area contributed by atoms with Crippen LogP contribution < -0.4 is 21.7 Å². The number of nitrogens with one attached hydrogen (secondary N) is 4. The van der Waals surface area contributed by atoms with Crippen LogP contribution in [0.2, 0.25) is 0 Å². The van der Waals surface area contributed by atoms with Gasteiger partial charge in [0.2, 0.25) is 17.7 Å². The Hall–Kier alpha value is -3.44. The summed E-state index contributed by atoms with van der Waals surface area (Å²) in [6.07, 6.45) is 0.647. The Morgan fingerprint density at radius 1 is 0.889 bits per heavy atom. The largest absolute Gasteiger partial charge is 0.480 e. The lowest BCUT2D eigenvalue weighted by molar-refractivity contribution is -0.142. The minimum atomic E-state index is -1.22. The van der Waals surface area contributed by atoms with E-state index in [0.717, 1.165) is 16.5 Å². The Morgan fingerprint density at radius 2 is 1.42 bits per heavy atom. The normalized spacial score (nSPS) is 15.7. The third-order valence-electron chi connectivity index (χ3n) is 6.03. The summed E-state index contributed by atoms with van der Waals surface area (Å²) < 4.78 is 0. The molecule has 0 saturated carbocycles. The molecule has 0 spiro atoms. The smallest absolute Gasteiger partial charge is 0.326 e. The van der Waals surface area contributed by atoms with Gasteiger partial charge in [-0.15, -0.1) is 0 Å². The highest BCUT2D eigenvalue weighted by atomic mass is 16.4. The van der Waals surface area contributed by atoms with Gasteiger partial charge in [0.1, 0.15) is 24.2 Å². The number of carbonyl (C=O) groups is 4. The fourth-order valence-corrected chi connectivity index (χ4v) is 3.76. The van der Waals surface area contributed by atoms with Gasteiger partial charge in [0.15, 0.2) is 0 Å². The first kappa shape index (κ1) is 28.8. The van der Waals surface area contributed by atoms with Crippen molar-refractivity contribution in [2.75, 3.05) is 0 Å². The molecule has 1 heterocycles. The van der Waals surface area contributed by atoms with E-state index in [1.54, 1.807) is 33.9 Å². The molecule has 0 radical (unpaired) electrons. The molecular weight excluding hydrogens is 466 g/mol. The number of nitrogens with two attached hydrogens (primary N) is 1. The molecular formula is C25H37N5O6. The second kappa shape index (κ2) is 12.5. The summed E-state index contributed by atoms with van der Waals surface area (Å²) in [6, 6.07) is 2.93. The molecule has 0 fully saturated rings. The molecule has 1 aromatic carbocycles. The van der Waals surface area contributed by atoms with Crippen LogP contribution in [0.25, 0.3) is 10.9 Å². The first-order valence-corrected chi connectivity index (χ1v) is 12.0. The molecule has 0 saturated heterocycles. The van der Waals surface area contributed by atoms with Crippen LogP contribution in [0.3, 0.4) is 0 Å². The molecule has 5 unspecified atom stereocenters. The number of carbonyl (C=O) groups excluding carboxylic acids is 3. The van der Waals surface area contributed by atoms with Crippen LogP contribution in [0.4, 0.5) is 0 Å². The summed E-state index contributed by atoms with van der Waals surface area (Å²) >= 11 is 0. The Kier molecular flexibility index (Phi) is 10.00. The predicted molar refractivity (Wildman–Crippen MR) is 135 cm³/mol. The van der Waals surface area contributed by atoms with Crippen molar-refractivity contribution in [3.63, 3.8) is 0 Å². The van der Waals surface area contributed by atoms with Crippen molar-refractivity contribution in [2.24, 2.45) is 17.6 Å². The Bertz CT molecular complexity index is 1080. The van der Waals surface area contributed by atoms with Crippen molar-refractivity contribution in [1.82, 2.24) is 20.9 Å². The number of hydrogen-bond acceptors (Lipinski definition) is 6. The number of aliphatic carboxylic acids is 1. The summed E-state index contributed by atoms with van der Waals surface area (Å²) in [4.78, 5) is 53.5. The van der Waals surface area contributed by atoms with Crippen LogP contribution in [0.5, 0.6) is 0 Å². The van der Waals surface area contributed by atoms with E-state index >= 15 is 0 Å². The van der Waals surface area contributed by atoms with Gasteiger partial charge < -0.3 is 36.9 Å². The number of hydrogen-bond donors (Lipinski definition) is 7. The lowest BCUT2D eigenvalue weighted by atomic mass is 9.98. The molecule has 0 bridgehead atoms. The van der Waals surface area contributed by atoms with Gasteiger partial charge in [-0.2, -0.15) is 0 Å². The van der Waals surface area contributed by atoms with Gasteiger partial charge in [0.25, 0.3) is 0 Å². The number of amides is 3. The predicted octanol–water partition coefficient (Wildman–Crippen LogP) is 0.270. The maximum Gasteiger partial charge on any atom is 0.326 e. The van der Waals surface area contributed by atoms with E-state index < -0.39 is 54.0 Å². The number of aliphatic hydroxyl groups excluding tert-OH is 1. The molecule has 5 atom stereocenters. The number of aliphatic hydroxyl groups is 1. The molecule has 0 aliphatic rings. The van der Waals surface area contributed by atoms with Crippen LogP contribution in [-0.4, -0.2) is 69.2 Å². The van der Waals surface area contributed by atoms with Crippen LogP contribution in [0, 0.1) is 11.8 Å². The lowest BCUT2D eigenvalue weighted by Crippen LogP contribution is -2.60. The number of carboxylic acids is 1. The minimum Gasteiger partial charge on any atom is -0.480 e. The van der Waals surface area contributed by atoms with Gasteiger partial charge in [0, 0.05) is 23.5 Å². The molecule has 3 amide bonds. The van der Waals surface area contributed by atoms with E-state index in [1.165, 1.54) is 6.92 Å². The Labute approximate surface area is 210 Å². The van der Waals surface area contributed by atoms with Crippen LogP contribution in [0.1, 0.15) is 40.2 Å². The molecule has 1 aromatic heterocycles. The van der Waals surface area contributed by atoms with Gasteiger partial charge in [0.05, 0.1) is 6.10 Å². The first-order valence-electron chi connectivity index (χ1n) is 12.0. The van der Waals surface area contributed by atoms with Crippen LogP contribution in [-0.2, 0) is 25.6 Å². The molecule has 36 heavy (non-hydrogen) atoms. The van der Waals surface area contributed by atoms with Crippen molar-refractivity contribution in [2.45, 2.75) is 71.3 Å². The number of rotatable bonds is 12. The van der Waals surface area contributed by atoms with Gasteiger partial charge in [-0.25, -0.2) is 4.79 Å². The maximum atomic E-state index is 13.1. The van der Waals surface area contributed by atoms with Crippen LogP contribution >= 0.6 is 0 Å². The molecule has 0 aliphatic carbocycles. The molecule has 11 heteroatoms. The zero-order valence-electron chi connectivity index (χ0n) is 21.2. The fraction of sp³-hybridized carbons (Fsp3) is 0.520. The quantitative estimate of drug-likeness (QED) is 0.216. The van der Waals surface area contributed by atoms with E-state index in [0.29, 0.717) is 0 Å². The highest BCUT2D eigenvalue weighted by molar-refractivity contribution is 5.94. The van der Waals surface area contributed by atoms with E-state index in [2.05, 4.69) is 20.9 Å². The van der Waals surface area contributed by atoms with Gasteiger partial charge in [-0.05, 0) is 30.4 Å². The van der Waals surface area contributed by atoms with Crippen molar-refractivity contribution < 1.29 is 29.4 Å². The van der Waals surface area contributed by atoms with Gasteiger partial charge in [-0.3, -0.25) is 14.4 Å². The molecule has 0 aliphatic heterocycles. The second-order valence-corrected chi connectivity index (χ2v) is 9.69. The average Bonchev–Trinajstić information content (AvgIpc) is 3.21. The highest BCUT2D eigenvalue weighted by Crippen LogP contribution is 2.19.